The molecule has 0 radical (unpaired) electrons. The molecule has 0 bridgehead atoms. The fourth-order valence-corrected chi connectivity index (χ4v) is 3.84. The normalized spacial score (nSPS) is 23.1. The van der Waals surface area contributed by atoms with Crippen molar-refractivity contribution in [2.75, 3.05) is 24.5 Å². The van der Waals surface area contributed by atoms with Crippen molar-refractivity contribution in [2.45, 2.75) is 13.0 Å². The lowest BCUT2D eigenvalue weighted by Gasteiger charge is -2.29. The number of anilines is 1. The van der Waals surface area contributed by atoms with Gasteiger partial charge in [0.1, 0.15) is 0 Å². The zero-order valence-electron chi connectivity index (χ0n) is 13.2. The largest absolute Gasteiger partial charge is 0.370 e. The molecule has 4 nitrogen and oxygen atoms in total. The summed E-state index contributed by atoms with van der Waals surface area (Å²) >= 11 is 0. The van der Waals surface area contributed by atoms with E-state index in [0.29, 0.717) is 6.04 Å². The molecule has 116 valence electrons. The third-order valence-corrected chi connectivity index (χ3v) is 5.39. The monoisotopic (exact) mass is 304 g/mol. The number of rotatable bonds is 2. The Morgan fingerprint density at radius 3 is 2.57 bits per heavy atom. The zero-order valence-corrected chi connectivity index (χ0v) is 13.2. The van der Waals surface area contributed by atoms with Crippen LogP contribution in [0.5, 0.6) is 0 Å². The molecule has 23 heavy (non-hydrogen) atoms. The van der Waals surface area contributed by atoms with Gasteiger partial charge in [0.05, 0.1) is 5.52 Å². The van der Waals surface area contributed by atoms with Crippen molar-refractivity contribution in [3.8, 4) is 11.1 Å². The molecule has 0 aliphatic carbocycles. The lowest BCUT2D eigenvalue weighted by Crippen LogP contribution is -2.51. The summed E-state index contributed by atoms with van der Waals surface area (Å²) in [6.07, 6.45) is 0. The molecular weight excluding hydrogens is 284 g/mol. The van der Waals surface area contributed by atoms with Crippen molar-refractivity contribution in [1.29, 1.82) is 0 Å². The average molecular weight is 304 g/mol. The van der Waals surface area contributed by atoms with Gasteiger partial charge >= 0.3 is 0 Å². The minimum atomic E-state index is 0.709. The quantitative estimate of drug-likeness (QED) is 0.765. The SMILES string of the molecule is Cc1[nH]nc2ccc(-c3ccc(N4C[C@@H]5CN[C@@H]5C4)cc3)cc12. The number of hydrogen-bond acceptors (Lipinski definition) is 3. The van der Waals surface area contributed by atoms with E-state index in [-0.39, 0.29) is 0 Å². The van der Waals surface area contributed by atoms with Crippen molar-refractivity contribution in [3.63, 3.8) is 0 Å². The van der Waals surface area contributed by atoms with Crippen LogP contribution in [-0.4, -0.2) is 35.9 Å². The molecule has 3 aromatic rings. The summed E-state index contributed by atoms with van der Waals surface area (Å²) < 4.78 is 0. The fraction of sp³-hybridized carbons (Fsp3) is 0.316. The van der Waals surface area contributed by atoms with Crippen LogP contribution in [0.15, 0.2) is 42.5 Å². The maximum absolute atomic E-state index is 4.30. The zero-order chi connectivity index (χ0) is 15.4. The van der Waals surface area contributed by atoms with Gasteiger partial charge in [-0.3, -0.25) is 5.10 Å². The molecule has 2 saturated heterocycles. The third-order valence-electron chi connectivity index (χ3n) is 5.39. The van der Waals surface area contributed by atoms with Crippen LogP contribution in [-0.2, 0) is 0 Å². The van der Waals surface area contributed by atoms with E-state index in [4.69, 9.17) is 0 Å². The Hall–Kier alpha value is -2.33. The van der Waals surface area contributed by atoms with Gasteiger partial charge in [-0.1, -0.05) is 18.2 Å². The Morgan fingerprint density at radius 1 is 1.04 bits per heavy atom. The van der Waals surface area contributed by atoms with Crippen LogP contribution in [0.4, 0.5) is 5.69 Å². The highest BCUT2D eigenvalue weighted by molar-refractivity contribution is 5.86. The van der Waals surface area contributed by atoms with Crippen LogP contribution >= 0.6 is 0 Å². The highest BCUT2D eigenvalue weighted by atomic mass is 15.2. The van der Waals surface area contributed by atoms with Gasteiger partial charge < -0.3 is 10.2 Å². The van der Waals surface area contributed by atoms with Crippen LogP contribution in [0.2, 0.25) is 0 Å². The van der Waals surface area contributed by atoms with Gasteiger partial charge in [0.2, 0.25) is 0 Å². The molecule has 0 unspecified atom stereocenters. The van der Waals surface area contributed by atoms with Gasteiger partial charge in [0.25, 0.3) is 0 Å². The highest BCUT2D eigenvalue weighted by Gasteiger charge is 2.38. The number of nitrogens with one attached hydrogen (secondary N) is 2. The van der Waals surface area contributed by atoms with Gasteiger partial charge in [0.15, 0.2) is 0 Å². The van der Waals surface area contributed by atoms with E-state index in [1.54, 1.807) is 0 Å². The summed E-state index contributed by atoms with van der Waals surface area (Å²) in [6.45, 7) is 5.59. The average Bonchev–Trinajstić information content (AvgIpc) is 3.08. The first-order valence-corrected chi connectivity index (χ1v) is 8.31. The van der Waals surface area contributed by atoms with Crippen LogP contribution in [0, 0.1) is 12.8 Å². The summed E-state index contributed by atoms with van der Waals surface area (Å²) in [7, 11) is 0. The molecule has 5 rings (SSSR count). The van der Waals surface area contributed by atoms with Crippen molar-refractivity contribution < 1.29 is 0 Å². The Labute approximate surface area is 135 Å². The lowest BCUT2D eigenvalue weighted by atomic mass is 9.96. The number of benzene rings is 2. The summed E-state index contributed by atoms with van der Waals surface area (Å²) in [5, 5.41) is 12.1. The third kappa shape index (κ3) is 2.05. The van der Waals surface area contributed by atoms with Crippen molar-refractivity contribution >= 4 is 16.6 Å². The number of aromatic amines is 1. The second kappa shape index (κ2) is 4.83. The summed E-state index contributed by atoms with van der Waals surface area (Å²) in [5.41, 5.74) is 6.00. The van der Waals surface area contributed by atoms with Gasteiger partial charge in [-0.05, 0) is 42.3 Å². The molecule has 2 N–H and O–H groups in total. The summed E-state index contributed by atoms with van der Waals surface area (Å²) in [4.78, 5) is 2.50. The van der Waals surface area contributed by atoms with Gasteiger partial charge in [0, 0.05) is 48.4 Å². The second-order valence-corrected chi connectivity index (χ2v) is 6.81. The fourth-order valence-electron chi connectivity index (χ4n) is 3.84. The number of aromatic nitrogens is 2. The predicted octanol–water partition coefficient (Wildman–Crippen LogP) is 2.95. The first kappa shape index (κ1) is 13.1. The van der Waals surface area contributed by atoms with E-state index in [0.717, 1.165) is 23.7 Å². The highest BCUT2D eigenvalue weighted by Crippen LogP contribution is 2.31. The number of hydrogen-bond donors (Lipinski definition) is 2. The van der Waals surface area contributed by atoms with Gasteiger partial charge in [-0.2, -0.15) is 5.10 Å². The standard InChI is InChI=1S/C19H20N4/c1-12-17-8-14(4-7-18(17)22-21-12)13-2-5-16(6-3-13)23-10-15-9-20-19(15)11-23/h2-8,15,19-20H,9-11H2,1H3,(H,21,22)/t15-,19+/m0/s1. The molecule has 0 spiro atoms. The number of nitrogens with zero attached hydrogens (tertiary/aromatic N) is 2. The number of aryl methyl sites for hydroxylation is 1. The topological polar surface area (TPSA) is 44.0 Å². The van der Waals surface area contributed by atoms with E-state index in [1.807, 2.05) is 0 Å². The van der Waals surface area contributed by atoms with Crippen LogP contribution in [0.3, 0.4) is 0 Å². The first-order valence-electron chi connectivity index (χ1n) is 8.31. The van der Waals surface area contributed by atoms with E-state index in [2.05, 4.69) is 69.8 Å². The molecule has 2 fully saturated rings. The van der Waals surface area contributed by atoms with Gasteiger partial charge in [-0.15, -0.1) is 0 Å². The van der Waals surface area contributed by atoms with Crippen molar-refractivity contribution in [1.82, 2.24) is 15.5 Å². The van der Waals surface area contributed by atoms with E-state index < -0.39 is 0 Å². The lowest BCUT2D eigenvalue weighted by molar-refractivity contribution is 0.297. The molecule has 3 heterocycles. The number of H-pyrrole nitrogens is 1. The van der Waals surface area contributed by atoms with E-state index >= 15 is 0 Å². The molecule has 2 aliphatic heterocycles. The van der Waals surface area contributed by atoms with Crippen molar-refractivity contribution in [2.24, 2.45) is 5.92 Å². The van der Waals surface area contributed by atoms with Crippen molar-refractivity contribution in [3.05, 3.63) is 48.2 Å². The van der Waals surface area contributed by atoms with Crippen LogP contribution in [0.25, 0.3) is 22.0 Å². The molecule has 0 saturated carbocycles. The minimum Gasteiger partial charge on any atom is -0.370 e. The van der Waals surface area contributed by atoms with Gasteiger partial charge in [-0.25, -0.2) is 0 Å². The van der Waals surface area contributed by atoms with Crippen LogP contribution < -0.4 is 10.2 Å². The maximum Gasteiger partial charge on any atom is 0.0924 e. The predicted molar refractivity (Wildman–Crippen MR) is 93.8 cm³/mol. The molecular formula is C19H20N4. The van der Waals surface area contributed by atoms with E-state index in [1.165, 1.54) is 35.3 Å². The summed E-state index contributed by atoms with van der Waals surface area (Å²) in [5.74, 6) is 0.848. The first-order chi connectivity index (χ1) is 11.3. The molecule has 2 atom stereocenters. The molecule has 0 amide bonds. The number of fused-ring (bicyclic) bond motifs is 2. The van der Waals surface area contributed by atoms with E-state index in [9.17, 15) is 0 Å². The Bertz CT molecular complexity index is 853. The Morgan fingerprint density at radius 2 is 1.87 bits per heavy atom. The minimum absolute atomic E-state index is 0.709. The smallest absolute Gasteiger partial charge is 0.0924 e. The molecule has 1 aromatic heterocycles. The second-order valence-electron chi connectivity index (χ2n) is 6.81. The molecule has 4 heteroatoms. The summed E-state index contributed by atoms with van der Waals surface area (Å²) in [6, 6.07) is 16.2. The Kier molecular flexibility index (Phi) is 2.76. The Balaban J connectivity index is 1.45. The maximum atomic E-state index is 4.30. The molecule has 2 aromatic carbocycles. The van der Waals surface area contributed by atoms with Crippen LogP contribution in [0.1, 0.15) is 5.69 Å². The molecule has 2 aliphatic rings.